The zero-order chi connectivity index (χ0) is 26.7. The highest BCUT2D eigenvalue weighted by atomic mass is 16.6. The second-order valence-electron chi connectivity index (χ2n) is 9.28. The summed E-state index contributed by atoms with van der Waals surface area (Å²) in [5.74, 6) is 3.72. The summed E-state index contributed by atoms with van der Waals surface area (Å²) in [5, 5.41) is 0. The molecule has 2 aromatic heterocycles. The van der Waals surface area contributed by atoms with Gasteiger partial charge in [-0.2, -0.15) is 0 Å². The van der Waals surface area contributed by atoms with E-state index in [2.05, 4.69) is 9.97 Å². The zero-order valence-electron chi connectivity index (χ0n) is 21.6. The Morgan fingerprint density at radius 2 is 1.56 bits per heavy atom. The molecule has 3 heterocycles. The number of rotatable bonds is 10. The number of ether oxygens (including phenoxy) is 4. The van der Waals surface area contributed by atoms with E-state index in [-0.39, 0.29) is 6.09 Å². The molecule has 0 radical (unpaired) electrons. The van der Waals surface area contributed by atoms with Crippen molar-refractivity contribution in [2.45, 2.75) is 19.3 Å². The van der Waals surface area contributed by atoms with Gasteiger partial charge in [-0.05, 0) is 78.9 Å². The molecule has 8 nitrogen and oxygen atoms in total. The molecule has 1 amide bonds. The van der Waals surface area contributed by atoms with Crippen LogP contribution in [0.4, 0.5) is 4.79 Å². The van der Waals surface area contributed by atoms with Crippen LogP contribution in [-0.2, 0) is 6.42 Å². The average Bonchev–Trinajstić information content (AvgIpc) is 2.99. The van der Waals surface area contributed by atoms with Crippen LogP contribution >= 0.6 is 0 Å². The third-order valence-electron chi connectivity index (χ3n) is 6.46. The van der Waals surface area contributed by atoms with Crippen LogP contribution in [0.3, 0.4) is 0 Å². The second-order valence-corrected chi connectivity index (χ2v) is 9.28. The van der Waals surface area contributed by atoms with Gasteiger partial charge in [-0.25, -0.2) is 9.78 Å². The topological polar surface area (TPSA) is 83.0 Å². The van der Waals surface area contributed by atoms with E-state index in [0.29, 0.717) is 49.6 Å². The van der Waals surface area contributed by atoms with Crippen molar-refractivity contribution in [3.05, 3.63) is 103 Å². The van der Waals surface area contributed by atoms with E-state index >= 15 is 0 Å². The molecule has 0 aliphatic carbocycles. The number of aromatic nitrogens is 2. The van der Waals surface area contributed by atoms with Gasteiger partial charge in [-0.15, -0.1) is 0 Å². The Bertz CT molecular complexity index is 1290. The van der Waals surface area contributed by atoms with Gasteiger partial charge in [0.05, 0.1) is 19.4 Å². The maximum atomic E-state index is 12.7. The normalized spacial score (nSPS) is 13.5. The number of carbonyl (C=O) groups is 1. The summed E-state index contributed by atoms with van der Waals surface area (Å²) in [6.45, 7) is 2.45. The van der Waals surface area contributed by atoms with E-state index in [1.165, 1.54) is 0 Å². The Morgan fingerprint density at radius 3 is 2.28 bits per heavy atom. The summed E-state index contributed by atoms with van der Waals surface area (Å²) in [5.41, 5.74) is 1.11. The standard InChI is InChI=1S/C31H31N3O5/c35-31(39-28-8-6-24(7-9-28)16-21-36-29-4-3-17-32-22-29)34-19-14-25(15-20-34)23-37-26-10-12-27(13-11-26)38-30-5-1-2-18-33-30/h1-13,17-18,22,25H,14-16,19-21,23H2. The minimum atomic E-state index is -0.314. The van der Waals surface area contributed by atoms with Crippen molar-refractivity contribution >= 4 is 6.09 Å². The van der Waals surface area contributed by atoms with Gasteiger partial charge in [0.1, 0.15) is 23.0 Å². The van der Waals surface area contributed by atoms with Gasteiger partial charge >= 0.3 is 6.09 Å². The number of hydrogen-bond donors (Lipinski definition) is 0. The van der Waals surface area contributed by atoms with Crippen molar-refractivity contribution in [3.8, 4) is 28.9 Å². The molecular weight excluding hydrogens is 494 g/mol. The molecule has 1 saturated heterocycles. The Labute approximate surface area is 228 Å². The number of nitrogens with zero attached hydrogens (tertiary/aromatic N) is 3. The van der Waals surface area contributed by atoms with Crippen LogP contribution in [-0.4, -0.2) is 47.3 Å². The summed E-state index contributed by atoms with van der Waals surface area (Å²) < 4.78 is 23.0. The van der Waals surface area contributed by atoms with Crippen molar-refractivity contribution in [2.24, 2.45) is 5.92 Å². The fraction of sp³-hybridized carbons (Fsp3) is 0.258. The molecule has 39 heavy (non-hydrogen) atoms. The second kappa shape index (κ2) is 13.3. The lowest BCUT2D eigenvalue weighted by atomic mass is 9.98. The number of carbonyl (C=O) groups excluding carboxylic acids is 1. The van der Waals surface area contributed by atoms with Crippen molar-refractivity contribution in [2.75, 3.05) is 26.3 Å². The number of amides is 1. The van der Waals surface area contributed by atoms with Gasteiger partial charge in [-0.3, -0.25) is 4.98 Å². The molecule has 5 rings (SSSR count). The van der Waals surface area contributed by atoms with Crippen LogP contribution in [0.25, 0.3) is 0 Å². The SMILES string of the molecule is O=C(Oc1ccc(CCOc2cccnc2)cc1)N1CCC(COc2ccc(Oc3ccccn3)cc2)CC1. The molecular formula is C31H31N3O5. The van der Waals surface area contributed by atoms with Crippen LogP contribution in [0, 0.1) is 5.92 Å². The number of likely N-dealkylation sites (tertiary alicyclic amines) is 1. The molecule has 0 atom stereocenters. The van der Waals surface area contributed by atoms with Crippen LogP contribution in [0.1, 0.15) is 18.4 Å². The molecule has 0 N–H and O–H groups in total. The van der Waals surface area contributed by atoms with Gasteiger partial charge in [0, 0.05) is 38.0 Å². The van der Waals surface area contributed by atoms with Crippen LogP contribution in [0.15, 0.2) is 97.5 Å². The van der Waals surface area contributed by atoms with E-state index in [0.717, 1.165) is 36.3 Å². The first-order chi connectivity index (χ1) is 19.2. The summed E-state index contributed by atoms with van der Waals surface area (Å²) in [7, 11) is 0. The predicted octanol–water partition coefficient (Wildman–Crippen LogP) is 6.18. The minimum Gasteiger partial charge on any atom is -0.493 e. The van der Waals surface area contributed by atoms with E-state index in [1.807, 2.05) is 78.9 Å². The van der Waals surface area contributed by atoms with Crippen LogP contribution < -0.4 is 18.9 Å². The third kappa shape index (κ3) is 7.95. The van der Waals surface area contributed by atoms with E-state index in [1.54, 1.807) is 23.5 Å². The van der Waals surface area contributed by atoms with Gasteiger partial charge in [0.25, 0.3) is 0 Å². The highest BCUT2D eigenvalue weighted by Crippen LogP contribution is 2.24. The Morgan fingerprint density at radius 1 is 0.795 bits per heavy atom. The van der Waals surface area contributed by atoms with E-state index < -0.39 is 0 Å². The quantitative estimate of drug-likeness (QED) is 0.244. The molecule has 0 bridgehead atoms. The van der Waals surface area contributed by atoms with Crippen LogP contribution in [0.2, 0.25) is 0 Å². The number of benzene rings is 2. The third-order valence-corrected chi connectivity index (χ3v) is 6.46. The monoisotopic (exact) mass is 525 g/mol. The highest BCUT2D eigenvalue weighted by molar-refractivity contribution is 5.70. The molecule has 1 aliphatic rings. The first-order valence-electron chi connectivity index (χ1n) is 13.1. The average molecular weight is 526 g/mol. The molecule has 8 heteroatoms. The molecule has 0 unspecified atom stereocenters. The van der Waals surface area contributed by atoms with E-state index in [4.69, 9.17) is 18.9 Å². The number of hydrogen-bond acceptors (Lipinski definition) is 7. The van der Waals surface area contributed by atoms with Crippen LogP contribution in [0.5, 0.6) is 28.9 Å². The predicted molar refractivity (Wildman–Crippen MR) is 146 cm³/mol. The lowest BCUT2D eigenvalue weighted by Crippen LogP contribution is -2.41. The Hall–Kier alpha value is -4.59. The first-order valence-corrected chi connectivity index (χ1v) is 13.1. The number of pyridine rings is 2. The molecule has 0 saturated carbocycles. The molecule has 4 aromatic rings. The van der Waals surface area contributed by atoms with Crippen molar-refractivity contribution in [1.82, 2.24) is 14.9 Å². The molecule has 0 spiro atoms. The summed E-state index contributed by atoms with van der Waals surface area (Å²) in [6, 6.07) is 24.3. The lowest BCUT2D eigenvalue weighted by Gasteiger charge is -2.31. The first kappa shape index (κ1) is 26.0. The fourth-order valence-corrected chi connectivity index (χ4v) is 4.24. The molecule has 200 valence electrons. The zero-order valence-corrected chi connectivity index (χ0v) is 21.6. The maximum absolute atomic E-state index is 12.7. The van der Waals surface area contributed by atoms with Crippen molar-refractivity contribution in [3.63, 3.8) is 0 Å². The molecule has 2 aromatic carbocycles. The smallest absolute Gasteiger partial charge is 0.415 e. The van der Waals surface area contributed by atoms with Gasteiger partial charge in [0.15, 0.2) is 0 Å². The summed E-state index contributed by atoms with van der Waals surface area (Å²) in [4.78, 5) is 22.6. The largest absolute Gasteiger partial charge is 0.493 e. The van der Waals surface area contributed by atoms with E-state index in [9.17, 15) is 4.79 Å². The van der Waals surface area contributed by atoms with Gasteiger partial charge in [-0.1, -0.05) is 18.2 Å². The Balaban J connectivity index is 0.995. The lowest BCUT2D eigenvalue weighted by molar-refractivity contribution is 0.117. The van der Waals surface area contributed by atoms with Gasteiger partial charge < -0.3 is 23.8 Å². The van der Waals surface area contributed by atoms with Crippen molar-refractivity contribution < 1.29 is 23.7 Å². The molecule has 1 aliphatic heterocycles. The minimum absolute atomic E-state index is 0.314. The molecule has 1 fully saturated rings. The van der Waals surface area contributed by atoms with Crippen molar-refractivity contribution in [1.29, 1.82) is 0 Å². The fourth-order valence-electron chi connectivity index (χ4n) is 4.24. The summed E-state index contributed by atoms with van der Waals surface area (Å²) in [6.07, 6.45) is 7.27. The number of piperidine rings is 1. The summed E-state index contributed by atoms with van der Waals surface area (Å²) >= 11 is 0. The Kier molecular flexibility index (Phi) is 8.86. The maximum Gasteiger partial charge on any atom is 0.415 e. The van der Waals surface area contributed by atoms with Gasteiger partial charge in [0.2, 0.25) is 5.88 Å². The highest BCUT2D eigenvalue weighted by Gasteiger charge is 2.24.